The fraction of sp³-hybridized carbons (Fsp3) is 0.350. The molecule has 28 heavy (non-hydrogen) atoms. The standard InChI is InChI=1S/C20H21N3O4S/c1-12-21-9-19(28-12)17-8-18(27-6-5-25-2)15-7-14(3-4-16(15)23-17)22-20(24)13-10-26-11-13/h3-4,7-9,13H,5-6,10-11H2,1-2H3,(H,22,24). The van der Waals surface area contributed by atoms with E-state index in [2.05, 4.69) is 10.3 Å². The third kappa shape index (κ3) is 3.99. The van der Waals surface area contributed by atoms with Crippen LogP contribution in [-0.2, 0) is 14.3 Å². The largest absolute Gasteiger partial charge is 0.490 e. The summed E-state index contributed by atoms with van der Waals surface area (Å²) in [5, 5.41) is 4.77. The highest BCUT2D eigenvalue weighted by molar-refractivity contribution is 7.15. The van der Waals surface area contributed by atoms with Crippen LogP contribution in [0.3, 0.4) is 0 Å². The minimum absolute atomic E-state index is 0.0304. The van der Waals surface area contributed by atoms with Gasteiger partial charge in [-0.05, 0) is 25.1 Å². The Kier molecular flexibility index (Phi) is 5.52. The van der Waals surface area contributed by atoms with Crippen LogP contribution in [0, 0.1) is 12.8 Å². The molecule has 0 saturated carbocycles. The molecule has 146 valence electrons. The molecule has 1 N–H and O–H groups in total. The van der Waals surface area contributed by atoms with Gasteiger partial charge in [-0.3, -0.25) is 4.79 Å². The van der Waals surface area contributed by atoms with E-state index in [0.717, 1.165) is 26.5 Å². The van der Waals surface area contributed by atoms with Crippen molar-refractivity contribution in [2.75, 3.05) is 38.9 Å². The molecule has 0 atom stereocenters. The summed E-state index contributed by atoms with van der Waals surface area (Å²) in [5.41, 5.74) is 2.32. The van der Waals surface area contributed by atoms with E-state index >= 15 is 0 Å². The molecule has 2 aromatic heterocycles. The number of aromatic nitrogens is 2. The second-order valence-electron chi connectivity index (χ2n) is 6.55. The predicted molar refractivity (Wildman–Crippen MR) is 108 cm³/mol. The van der Waals surface area contributed by atoms with Crippen molar-refractivity contribution in [1.29, 1.82) is 0 Å². The molecule has 3 heterocycles. The SMILES string of the molecule is COCCOc1cc(-c2cnc(C)s2)nc2ccc(NC(=O)C3COC3)cc12. The summed E-state index contributed by atoms with van der Waals surface area (Å²) in [5.74, 6) is 0.589. The molecule has 4 rings (SSSR count). The second kappa shape index (κ2) is 8.22. The summed E-state index contributed by atoms with van der Waals surface area (Å²) in [7, 11) is 1.64. The summed E-state index contributed by atoms with van der Waals surface area (Å²) in [6, 6.07) is 7.55. The smallest absolute Gasteiger partial charge is 0.232 e. The average molecular weight is 399 g/mol. The summed E-state index contributed by atoms with van der Waals surface area (Å²) in [6.07, 6.45) is 1.82. The van der Waals surface area contributed by atoms with Gasteiger partial charge in [0.25, 0.3) is 0 Å². The van der Waals surface area contributed by atoms with E-state index in [-0.39, 0.29) is 11.8 Å². The van der Waals surface area contributed by atoms with E-state index in [9.17, 15) is 4.79 Å². The molecule has 0 spiro atoms. The van der Waals surface area contributed by atoms with Gasteiger partial charge in [0.15, 0.2) is 0 Å². The summed E-state index contributed by atoms with van der Waals surface area (Å²) < 4.78 is 16.1. The number of rotatable bonds is 7. The van der Waals surface area contributed by atoms with E-state index < -0.39 is 0 Å². The van der Waals surface area contributed by atoms with Crippen molar-refractivity contribution in [2.45, 2.75) is 6.92 Å². The van der Waals surface area contributed by atoms with Gasteiger partial charge in [0.1, 0.15) is 12.4 Å². The van der Waals surface area contributed by atoms with Crippen LogP contribution in [0.1, 0.15) is 5.01 Å². The number of anilines is 1. The van der Waals surface area contributed by atoms with Crippen LogP contribution in [0.2, 0.25) is 0 Å². The van der Waals surface area contributed by atoms with Crippen LogP contribution < -0.4 is 10.1 Å². The van der Waals surface area contributed by atoms with Crippen molar-refractivity contribution in [3.05, 3.63) is 35.5 Å². The Balaban J connectivity index is 1.69. The number of methoxy groups -OCH3 is 1. The number of benzene rings is 1. The Morgan fingerprint density at radius 1 is 1.32 bits per heavy atom. The molecule has 1 fully saturated rings. The van der Waals surface area contributed by atoms with Crippen molar-refractivity contribution in [3.8, 4) is 16.3 Å². The molecule has 1 aromatic carbocycles. The Morgan fingerprint density at radius 3 is 2.86 bits per heavy atom. The predicted octanol–water partition coefficient (Wildman–Crippen LogP) is 3.28. The maximum Gasteiger partial charge on any atom is 0.232 e. The first-order chi connectivity index (χ1) is 13.6. The molecule has 1 aliphatic heterocycles. The zero-order valence-electron chi connectivity index (χ0n) is 15.7. The number of amides is 1. The van der Waals surface area contributed by atoms with Crippen LogP contribution in [0.4, 0.5) is 5.69 Å². The molecule has 0 aliphatic carbocycles. The highest BCUT2D eigenvalue weighted by Crippen LogP contribution is 2.34. The number of nitrogens with one attached hydrogen (secondary N) is 1. The Hall–Kier alpha value is -2.55. The van der Waals surface area contributed by atoms with E-state index in [1.165, 1.54) is 0 Å². The summed E-state index contributed by atoms with van der Waals surface area (Å²) >= 11 is 1.59. The number of nitrogens with zero attached hydrogens (tertiary/aromatic N) is 2. The molecular weight excluding hydrogens is 378 g/mol. The molecule has 3 aromatic rings. The van der Waals surface area contributed by atoms with Gasteiger partial charge < -0.3 is 19.5 Å². The van der Waals surface area contributed by atoms with Crippen molar-refractivity contribution in [1.82, 2.24) is 9.97 Å². The molecule has 8 heteroatoms. The van der Waals surface area contributed by atoms with Crippen molar-refractivity contribution >= 4 is 33.8 Å². The lowest BCUT2D eigenvalue weighted by molar-refractivity contribution is -0.133. The lowest BCUT2D eigenvalue weighted by Crippen LogP contribution is -2.38. The second-order valence-corrected chi connectivity index (χ2v) is 7.78. The third-order valence-electron chi connectivity index (χ3n) is 4.47. The number of fused-ring (bicyclic) bond motifs is 1. The Morgan fingerprint density at radius 2 is 2.18 bits per heavy atom. The van der Waals surface area contributed by atoms with Crippen LogP contribution >= 0.6 is 11.3 Å². The monoisotopic (exact) mass is 399 g/mol. The molecule has 0 radical (unpaired) electrons. The van der Waals surface area contributed by atoms with Crippen LogP contribution in [0.15, 0.2) is 30.5 Å². The lowest BCUT2D eigenvalue weighted by atomic mass is 10.1. The highest BCUT2D eigenvalue weighted by atomic mass is 32.1. The van der Waals surface area contributed by atoms with Gasteiger partial charge in [0, 0.05) is 30.4 Å². The fourth-order valence-corrected chi connectivity index (χ4v) is 3.60. The maximum atomic E-state index is 12.2. The van der Waals surface area contributed by atoms with E-state index in [1.807, 2.05) is 37.4 Å². The molecule has 0 bridgehead atoms. The van der Waals surface area contributed by atoms with E-state index in [4.69, 9.17) is 19.2 Å². The van der Waals surface area contributed by atoms with E-state index in [0.29, 0.717) is 37.9 Å². The number of pyridine rings is 1. The lowest BCUT2D eigenvalue weighted by Gasteiger charge is -2.24. The molecule has 1 aliphatic rings. The normalized spacial score (nSPS) is 14.1. The average Bonchev–Trinajstić information content (AvgIpc) is 3.07. The molecular formula is C20H21N3O4S. The molecule has 7 nitrogen and oxygen atoms in total. The van der Waals surface area contributed by atoms with Gasteiger partial charge in [0.2, 0.25) is 5.91 Å². The fourth-order valence-electron chi connectivity index (χ4n) is 2.86. The topological polar surface area (TPSA) is 82.6 Å². The zero-order chi connectivity index (χ0) is 19.5. The first-order valence-corrected chi connectivity index (χ1v) is 9.83. The number of thiazole rings is 1. The number of carbonyl (C=O) groups excluding carboxylic acids is 1. The summed E-state index contributed by atoms with van der Waals surface area (Å²) in [6.45, 7) is 3.82. The first kappa shape index (κ1) is 18.8. The van der Waals surface area contributed by atoms with Crippen molar-refractivity contribution in [2.24, 2.45) is 5.92 Å². The number of carbonyl (C=O) groups is 1. The van der Waals surface area contributed by atoms with Crippen molar-refractivity contribution < 1.29 is 19.0 Å². The Bertz CT molecular complexity index is 1000. The van der Waals surface area contributed by atoms with Gasteiger partial charge in [-0.1, -0.05) is 0 Å². The van der Waals surface area contributed by atoms with Gasteiger partial charge >= 0.3 is 0 Å². The van der Waals surface area contributed by atoms with Crippen LogP contribution in [0.25, 0.3) is 21.5 Å². The highest BCUT2D eigenvalue weighted by Gasteiger charge is 2.26. The van der Waals surface area contributed by atoms with Gasteiger partial charge in [-0.25, -0.2) is 9.97 Å². The minimum Gasteiger partial charge on any atom is -0.490 e. The molecule has 1 amide bonds. The minimum atomic E-state index is -0.0804. The van der Waals surface area contributed by atoms with Gasteiger partial charge in [-0.2, -0.15) is 0 Å². The number of aryl methyl sites for hydroxylation is 1. The number of ether oxygens (including phenoxy) is 3. The van der Waals surface area contributed by atoms with Crippen LogP contribution in [0.5, 0.6) is 5.75 Å². The van der Waals surface area contributed by atoms with Crippen molar-refractivity contribution in [3.63, 3.8) is 0 Å². The number of hydrogen-bond acceptors (Lipinski definition) is 7. The van der Waals surface area contributed by atoms with Gasteiger partial charge in [0.05, 0.1) is 46.8 Å². The third-order valence-corrected chi connectivity index (χ3v) is 5.40. The van der Waals surface area contributed by atoms with Crippen LogP contribution in [-0.4, -0.2) is 49.4 Å². The Labute approximate surface area is 166 Å². The zero-order valence-corrected chi connectivity index (χ0v) is 16.5. The maximum absolute atomic E-state index is 12.2. The quantitative estimate of drug-likeness (QED) is 0.614. The molecule has 0 unspecified atom stereocenters. The summed E-state index contributed by atoms with van der Waals surface area (Å²) in [4.78, 5) is 22.3. The van der Waals surface area contributed by atoms with Gasteiger partial charge in [-0.15, -0.1) is 11.3 Å². The molecule has 1 saturated heterocycles. The number of hydrogen-bond donors (Lipinski definition) is 1. The first-order valence-electron chi connectivity index (χ1n) is 9.02. The van der Waals surface area contributed by atoms with E-state index in [1.54, 1.807) is 18.4 Å².